The Balaban J connectivity index is 1.66. The summed E-state index contributed by atoms with van der Waals surface area (Å²) in [7, 11) is 0. The van der Waals surface area contributed by atoms with Crippen molar-refractivity contribution in [1.82, 2.24) is 0 Å². The second kappa shape index (κ2) is 5.24. The highest BCUT2D eigenvalue weighted by Crippen LogP contribution is 2.67. The van der Waals surface area contributed by atoms with E-state index in [-0.39, 0.29) is 0 Å². The number of fused-ring (bicyclic) bond motifs is 5. The van der Waals surface area contributed by atoms with E-state index in [0.717, 1.165) is 29.6 Å². The van der Waals surface area contributed by atoms with E-state index in [1.165, 1.54) is 56.9 Å². The quantitative estimate of drug-likeness (QED) is 0.468. The summed E-state index contributed by atoms with van der Waals surface area (Å²) in [6, 6.07) is 0. The maximum Gasteiger partial charge on any atom is -0.00851 e. The number of rotatable bonds is 1. The minimum Gasteiger partial charge on any atom is -0.0998 e. The van der Waals surface area contributed by atoms with E-state index in [4.69, 9.17) is 0 Å². The fourth-order valence-corrected chi connectivity index (χ4v) is 7.65. The van der Waals surface area contributed by atoms with Crippen molar-refractivity contribution in [2.24, 2.45) is 40.4 Å². The molecular formula is C23H36. The molecule has 0 saturated heterocycles. The largest absolute Gasteiger partial charge is 0.0998 e. The summed E-state index contributed by atoms with van der Waals surface area (Å²) >= 11 is 0. The molecule has 0 nitrogen and oxygen atoms in total. The summed E-state index contributed by atoms with van der Waals surface area (Å²) in [6.07, 6.45) is 14.2. The van der Waals surface area contributed by atoms with Crippen LogP contribution < -0.4 is 0 Å². The lowest BCUT2D eigenvalue weighted by atomic mass is 9.47. The Morgan fingerprint density at radius 1 is 1.09 bits per heavy atom. The van der Waals surface area contributed by atoms with Crippen molar-refractivity contribution in [2.45, 2.75) is 79.1 Å². The van der Waals surface area contributed by atoms with Crippen LogP contribution in [0, 0.1) is 40.4 Å². The third-order valence-corrected chi connectivity index (χ3v) is 8.95. The van der Waals surface area contributed by atoms with Crippen molar-refractivity contribution in [2.75, 3.05) is 0 Å². The first-order chi connectivity index (χ1) is 10.9. The highest BCUT2D eigenvalue weighted by atomic mass is 14.6. The average molecular weight is 313 g/mol. The summed E-state index contributed by atoms with van der Waals surface area (Å²) < 4.78 is 0. The molecule has 4 rings (SSSR count). The molecule has 0 heteroatoms. The van der Waals surface area contributed by atoms with Gasteiger partial charge in [0.05, 0.1) is 0 Å². The molecule has 0 bridgehead atoms. The van der Waals surface area contributed by atoms with Crippen molar-refractivity contribution >= 4 is 0 Å². The van der Waals surface area contributed by atoms with Gasteiger partial charge in [0.1, 0.15) is 0 Å². The van der Waals surface area contributed by atoms with E-state index in [1.54, 1.807) is 0 Å². The van der Waals surface area contributed by atoms with Crippen LogP contribution in [0.15, 0.2) is 23.8 Å². The third-order valence-electron chi connectivity index (χ3n) is 8.95. The molecule has 4 aliphatic carbocycles. The fraction of sp³-hybridized carbons (Fsp3) is 0.826. The minimum absolute atomic E-state index is 0.540. The third kappa shape index (κ3) is 2.16. The Hall–Kier alpha value is -0.520. The second-order valence-electron chi connectivity index (χ2n) is 10.1. The Morgan fingerprint density at radius 3 is 2.61 bits per heavy atom. The topological polar surface area (TPSA) is 0 Å². The Kier molecular flexibility index (Phi) is 3.64. The van der Waals surface area contributed by atoms with Gasteiger partial charge in [0, 0.05) is 0 Å². The predicted molar refractivity (Wildman–Crippen MR) is 99.2 cm³/mol. The molecule has 3 fully saturated rings. The summed E-state index contributed by atoms with van der Waals surface area (Å²) in [5, 5.41) is 0. The highest BCUT2D eigenvalue weighted by molar-refractivity contribution is 5.25. The lowest BCUT2D eigenvalue weighted by Gasteiger charge is -2.58. The molecule has 0 aliphatic heterocycles. The Morgan fingerprint density at radius 2 is 1.87 bits per heavy atom. The van der Waals surface area contributed by atoms with Crippen molar-refractivity contribution < 1.29 is 0 Å². The molecule has 3 saturated carbocycles. The first kappa shape index (κ1) is 16.0. The van der Waals surface area contributed by atoms with E-state index in [0.29, 0.717) is 10.8 Å². The monoisotopic (exact) mass is 312 g/mol. The zero-order valence-corrected chi connectivity index (χ0v) is 15.8. The molecule has 4 aliphatic rings. The molecule has 0 aromatic rings. The molecule has 0 heterocycles. The first-order valence-corrected chi connectivity index (χ1v) is 10.2. The molecule has 23 heavy (non-hydrogen) atoms. The fourth-order valence-electron chi connectivity index (χ4n) is 7.65. The Labute approximate surface area is 143 Å². The predicted octanol–water partition coefficient (Wildman–Crippen LogP) is 6.78. The lowest BCUT2D eigenvalue weighted by Crippen LogP contribution is -2.50. The zero-order valence-electron chi connectivity index (χ0n) is 15.8. The number of hydrogen-bond acceptors (Lipinski definition) is 0. The van der Waals surface area contributed by atoms with Crippen LogP contribution in [0.3, 0.4) is 0 Å². The van der Waals surface area contributed by atoms with Crippen LogP contribution >= 0.6 is 0 Å². The summed E-state index contributed by atoms with van der Waals surface area (Å²) in [5.74, 6) is 4.59. The van der Waals surface area contributed by atoms with E-state index < -0.39 is 0 Å². The number of allylic oxidation sites excluding steroid dienone is 3. The van der Waals surface area contributed by atoms with Crippen LogP contribution in [-0.4, -0.2) is 0 Å². The molecule has 5 unspecified atom stereocenters. The van der Waals surface area contributed by atoms with E-state index in [1.807, 2.05) is 5.57 Å². The normalized spacial score (nSPS) is 52.2. The van der Waals surface area contributed by atoms with E-state index in [2.05, 4.69) is 40.3 Å². The zero-order chi connectivity index (χ0) is 16.4. The molecule has 0 amide bonds. The summed E-state index contributed by atoms with van der Waals surface area (Å²) in [5.41, 5.74) is 4.39. The van der Waals surface area contributed by atoms with Crippen LogP contribution in [0.25, 0.3) is 0 Å². The highest BCUT2D eigenvalue weighted by Gasteiger charge is 2.58. The summed E-state index contributed by atoms with van der Waals surface area (Å²) in [6.45, 7) is 14.3. The first-order valence-electron chi connectivity index (χ1n) is 10.2. The van der Waals surface area contributed by atoms with Gasteiger partial charge in [-0.15, -0.1) is 0 Å². The molecule has 7 atom stereocenters. The minimum atomic E-state index is 0.540. The van der Waals surface area contributed by atoms with Gasteiger partial charge in [-0.1, -0.05) is 44.6 Å². The maximum atomic E-state index is 4.35. The molecule has 0 radical (unpaired) electrons. The lowest BCUT2D eigenvalue weighted by molar-refractivity contribution is -0.0388. The van der Waals surface area contributed by atoms with Crippen molar-refractivity contribution in [3.8, 4) is 0 Å². The smallest absolute Gasteiger partial charge is 0.00851 e. The van der Waals surface area contributed by atoms with Gasteiger partial charge in [-0.2, -0.15) is 0 Å². The van der Waals surface area contributed by atoms with Gasteiger partial charge < -0.3 is 0 Å². The molecule has 0 aromatic heterocycles. The van der Waals surface area contributed by atoms with Gasteiger partial charge in [-0.25, -0.2) is 0 Å². The molecule has 0 aromatic carbocycles. The van der Waals surface area contributed by atoms with Crippen LogP contribution in [0.4, 0.5) is 0 Å². The molecular weight excluding hydrogens is 276 g/mol. The van der Waals surface area contributed by atoms with Gasteiger partial charge >= 0.3 is 0 Å². The van der Waals surface area contributed by atoms with E-state index in [9.17, 15) is 0 Å². The SMILES string of the molecule is C=C(C)[C@H]1CCC2C3CC=C4C[C@@H](C)CCC4(C)C3CCC21C. The molecule has 128 valence electrons. The van der Waals surface area contributed by atoms with Crippen molar-refractivity contribution in [3.63, 3.8) is 0 Å². The van der Waals surface area contributed by atoms with Crippen LogP contribution in [0.2, 0.25) is 0 Å². The number of hydrogen-bond donors (Lipinski definition) is 0. The second-order valence-corrected chi connectivity index (χ2v) is 10.1. The molecule has 0 N–H and O–H groups in total. The standard InChI is InChI=1S/C23H36/c1-15(2)19-8-9-20-18-7-6-17-14-16(3)10-12-22(17,4)21(18)11-13-23(19,20)5/h6,16,18-21H,1,7-14H2,2-5H3/t16-,18?,19+,20?,21?,22?,23?/m0/s1. The van der Waals surface area contributed by atoms with Gasteiger partial charge in [-0.05, 0) is 98.7 Å². The Bertz CT molecular complexity index is 540. The van der Waals surface area contributed by atoms with E-state index >= 15 is 0 Å². The summed E-state index contributed by atoms with van der Waals surface area (Å²) in [4.78, 5) is 0. The van der Waals surface area contributed by atoms with Crippen LogP contribution in [-0.2, 0) is 0 Å². The molecule has 0 spiro atoms. The van der Waals surface area contributed by atoms with Gasteiger partial charge in [0.25, 0.3) is 0 Å². The van der Waals surface area contributed by atoms with Gasteiger partial charge in [-0.3, -0.25) is 0 Å². The van der Waals surface area contributed by atoms with Crippen LogP contribution in [0.5, 0.6) is 0 Å². The average Bonchev–Trinajstić information content (AvgIpc) is 2.85. The van der Waals surface area contributed by atoms with Crippen molar-refractivity contribution in [1.29, 1.82) is 0 Å². The van der Waals surface area contributed by atoms with Crippen LogP contribution in [0.1, 0.15) is 79.1 Å². The van der Waals surface area contributed by atoms with Gasteiger partial charge in [0.15, 0.2) is 0 Å². The maximum absolute atomic E-state index is 4.35. The van der Waals surface area contributed by atoms with Gasteiger partial charge in [0.2, 0.25) is 0 Å². The van der Waals surface area contributed by atoms with Crippen molar-refractivity contribution in [3.05, 3.63) is 23.8 Å².